The highest BCUT2D eigenvalue weighted by atomic mass is 19.2. The minimum atomic E-state index is -1.59. The molecule has 4 aliphatic heterocycles. The molecule has 20 nitrogen and oxygen atoms in total. The van der Waals surface area contributed by atoms with Gasteiger partial charge in [0.15, 0.2) is 0 Å². The fraction of sp³-hybridized carbons (Fsp3) is 0.333. The van der Waals surface area contributed by atoms with Gasteiger partial charge in [-0.3, -0.25) is 38.3 Å². The first-order valence-electron chi connectivity index (χ1n) is 45.6. The molecule has 0 saturated heterocycles. The number of rotatable bonds is 24. The second kappa shape index (κ2) is 42.2. The number of aromatic nitrogens is 8. The lowest BCUT2D eigenvalue weighted by atomic mass is 9.82. The van der Waals surface area contributed by atoms with E-state index in [0.29, 0.717) is 47.9 Å². The highest BCUT2D eigenvalue weighted by Crippen LogP contribution is 2.49. The van der Waals surface area contributed by atoms with Crippen LogP contribution in [-0.2, 0) is 73.1 Å². The number of hydrogen-bond donors (Lipinski definition) is 4. The number of fused-ring (bicyclic) bond motifs is 4. The molecule has 0 aliphatic carbocycles. The Morgan fingerprint density at radius 1 is 0.300 bits per heavy atom. The molecule has 140 heavy (non-hydrogen) atoms. The number of alkyl halides is 4. The Morgan fingerprint density at radius 2 is 0.471 bits per heavy atom. The lowest BCUT2D eigenvalue weighted by Gasteiger charge is -2.44. The van der Waals surface area contributed by atoms with E-state index in [9.17, 15) is 36.7 Å². The molecule has 8 atom stereocenters. The Hall–Kier alpha value is -13.6. The number of benzene rings is 8. The minimum absolute atomic E-state index is 0.0117. The molecule has 0 saturated carbocycles. The topological polar surface area (TPSA) is 233 Å². The number of hydrogen-bond acceptors (Lipinski definition) is 12. The van der Waals surface area contributed by atoms with Crippen molar-refractivity contribution in [2.75, 3.05) is 26.2 Å². The van der Waals surface area contributed by atoms with E-state index in [-0.39, 0.29) is 94.9 Å². The summed E-state index contributed by atoms with van der Waals surface area (Å²) in [5.41, 5.74) is 7.42. The fourth-order valence-corrected chi connectivity index (χ4v) is 19.2. The van der Waals surface area contributed by atoms with Gasteiger partial charge in [0.25, 0.3) is 0 Å². The Bertz CT molecular complexity index is 5880. The molecule has 4 aliphatic rings. The van der Waals surface area contributed by atoms with Crippen molar-refractivity contribution in [2.45, 2.75) is 180 Å². The zero-order valence-electron chi connectivity index (χ0n) is 80.4. The summed E-state index contributed by atoms with van der Waals surface area (Å²) >= 11 is 0. The molecule has 4 aromatic heterocycles. The van der Waals surface area contributed by atoms with E-state index in [1.165, 1.54) is 55.4 Å². The summed E-state index contributed by atoms with van der Waals surface area (Å²) in [5, 5.41) is 52.2. The largest absolute Gasteiger partial charge is 0.478 e. The highest BCUT2D eigenvalue weighted by molar-refractivity contribution is 5.87. The molecular weight excluding hydrogens is 1820 g/mol. The standard InChI is InChI=1S/4C27H28F3N3O2/c4*1-16-9-19-12-18(20-13-31-32(4)14-20)6-7-21(19)26(33(16)15-27(2,3)30)25-22(28)10-17(11-23(25)29)5-8-24(34)35/h4*5-8,10-14,16,26H,9,15H2,1-4H3,(H,34,35)/b4*8-5+/t3*16-,26+;/m100./s1. The van der Waals surface area contributed by atoms with Gasteiger partial charge in [-0.25, -0.2) is 71.9 Å². The second-order valence-corrected chi connectivity index (χ2v) is 38.9. The average Bonchev–Trinajstić information content (AvgIpc) is 0.799. The lowest BCUT2D eigenvalue weighted by Crippen LogP contribution is -2.48. The third kappa shape index (κ3) is 25.2. The molecule has 12 aromatic rings. The maximum absolute atomic E-state index is 15.4. The van der Waals surface area contributed by atoms with Gasteiger partial charge >= 0.3 is 23.9 Å². The van der Waals surface area contributed by atoms with Gasteiger partial charge in [-0.2, -0.15) is 20.4 Å². The van der Waals surface area contributed by atoms with Crippen molar-refractivity contribution in [2.24, 2.45) is 28.2 Å². The first-order chi connectivity index (χ1) is 65.7. The van der Waals surface area contributed by atoms with Crippen LogP contribution in [0, 0.1) is 46.5 Å². The predicted octanol–water partition coefficient (Wildman–Crippen LogP) is 22.2. The molecule has 4 N–H and O–H groups in total. The third-order valence-electron chi connectivity index (χ3n) is 25.0. The second-order valence-electron chi connectivity index (χ2n) is 38.9. The quantitative estimate of drug-likeness (QED) is 0.0325. The van der Waals surface area contributed by atoms with Crippen molar-refractivity contribution in [1.29, 1.82) is 0 Å². The van der Waals surface area contributed by atoms with Crippen LogP contribution >= 0.6 is 0 Å². The number of carboxylic acid groups (broad SMARTS) is 4. The number of carbonyl (C=O) groups is 4. The summed E-state index contributed by atoms with van der Waals surface area (Å²) in [6.07, 6.45) is 24.8. The molecule has 0 spiro atoms. The summed E-state index contributed by atoms with van der Waals surface area (Å²) in [6, 6.07) is 27.8. The van der Waals surface area contributed by atoms with Gasteiger partial charge in [0.05, 0.1) is 49.0 Å². The summed E-state index contributed by atoms with van der Waals surface area (Å²) in [4.78, 5) is 50.5. The smallest absolute Gasteiger partial charge is 0.328 e. The van der Waals surface area contributed by atoms with Gasteiger partial charge in [-0.15, -0.1) is 0 Å². The van der Waals surface area contributed by atoms with Gasteiger partial charge in [-0.05, 0) is 271 Å². The SMILES string of the molecule is CC1Cc2cc(-c3cnn(C)c3)ccc2C(c2c(F)cc(/C=C/C(=O)O)cc2F)N1CC(C)(C)F.C[C@@H]1Cc2cc(-c3cnn(C)c3)ccc2[C@@H](c2c(F)cc(/C=C/C(=O)O)cc2F)N1CC(C)(C)F.C[C@H]1Cc2cc(-c3cnn(C)c3)ccc2[C@H](c2c(F)cc(/C=C/C(=O)O)cc2F)N1CC(C)(C)F.C[C@H]1Cc2cc(-c3cnn(C)c3)ccc2[C@H](c2c(F)cc(/C=C/C(=O)O)cc2F)N1CC(C)(C)F. The van der Waals surface area contributed by atoms with Crippen molar-refractivity contribution in [3.8, 4) is 44.5 Å². The van der Waals surface area contributed by atoms with Crippen LogP contribution in [0.1, 0.15) is 196 Å². The molecule has 8 aromatic carbocycles. The van der Waals surface area contributed by atoms with Crippen molar-refractivity contribution < 1.29 is 92.3 Å². The first-order valence-corrected chi connectivity index (χ1v) is 45.6. The summed E-state index contributed by atoms with van der Waals surface area (Å²) in [6.45, 7) is 19.3. The molecule has 32 heteroatoms. The van der Waals surface area contributed by atoms with Gasteiger partial charge in [0.2, 0.25) is 0 Å². The molecule has 736 valence electrons. The van der Waals surface area contributed by atoms with Crippen LogP contribution in [0.5, 0.6) is 0 Å². The van der Waals surface area contributed by atoms with Crippen LogP contribution < -0.4 is 0 Å². The molecule has 0 amide bonds. The summed E-state index contributed by atoms with van der Waals surface area (Å²) < 4.78 is 190. The molecule has 0 fully saturated rings. The fourth-order valence-electron chi connectivity index (χ4n) is 19.2. The minimum Gasteiger partial charge on any atom is -0.478 e. The van der Waals surface area contributed by atoms with Crippen molar-refractivity contribution in [1.82, 2.24) is 58.7 Å². The predicted molar refractivity (Wildman–Crippen MR) is 514 cm³/mol. The van der Waals surface area contributed by atoms with Crippen molar-refractivity contribution in [3.05, 3.63) is 331 Å². The van der Waals surface area contributed by atoms with Gasteiger partial charge in [-0.1, -0.05) is 72.8 Å². The lowest BCUT2D eigenvalue weighted by molar-refractivity contribution is -0.132. The number of aliphatic carboxylic acids is 4. The molecule has 8 heterocycles. The molecule has 0 radical (unpaired) electrons. The monoisotopic (exact) mass is 1930 g/mol. The number of carboxylic acids is 4. The van der Waals surface area contributed by atoms with E-state index in [1.807, 2.05) is 153 Å². The van der Waals surface area contributed by atoms with E-state index in [2.05, 4.69) is 20.4 Å². The van der Waals surface area contributed by atoms with Gasteiger partial charge < -0.3 is 20.4 Å². The van der Waals surface area contributed by atoms with E-state index >= 15 is 35.1 Å². The third-order valence-corrected chi connectivity index (χ3v) is 25.0. The average molecular weight is 1930 g/mol. The molecule has 16 rings (SSSR count). The maximum Gasteiger partial charge on any atom is 0.328 e. The Balaban J connectivity index is 0.000000157. The summed E-state index contributed by atoms with van der Waals surface area (Å²) in [7, 11) is 7.32. The number of nitrogens with zero attached hydrogens (tertiary/aromatic N) is 12. The number of halogens is 12. The zero-order valence-corrected chi connectivity index (χ0v) is 80.4. The van der Waals surface area contributed by atoms with E-state index in [4.69, 9.17) is 20.4 Å². The number of aryl methyl sites for hydroxylation is 4. The van der Waals surface area contributed by atoms with Gasteiger partial charge in [0, 0.05) is 172 Å². The summed E-state index contributed by atoms with van der Waals surface area (Å²) in [5.74, 6) is -11.3. The molecule has 2 unspecified atom stereocenters. The van der Waals surface area contributed by atoms with Crippen LogP contribution in [0.2, 0.25) is 0 Å². The molecule has 0 bridgehead atoms. The van der Waals surface area contributed by atoms with E-state index in [1.54, 1.807) is 63.1 Å². The molecular formula is C108H112F12N12O8. The van der Waals surface area contributed by atoms with Crippen molar-refractivity contribution >= 4 is 48.2 Å². The van der Waals surface area contributed by atoms with E-state index < -0.39 is 117 Å². The Morgan fingerprint density at radius 3 is 0.614 bits per heavy atom. The van der Waals surface area contributed by atoms with Gasteiger partial charge in [0.1, 0.15) is 69.2 Å². The van der Waals surface area contributed by atoms with Crippen LogP contribution in [0.15, 0.2) is 195 Å². The normalized spacial score (nSPS) is 18.7. The van der Waals surface area contributed by atoms with Crippen LogP contribution in [-0.4, -0.2) is 176 Å². The Kier molecular flexibility index (Phi) is 31.3. The van der Waals surface area contributed by atoms with Crippen LogP contribution in [0.3, 0.4) is 0 Å². The highest BCUT2D eigenvalue weighted by Gasteiger charge is 2.45. The van der Waals surface area contributed by atoms with E-state index in [0.717, 1.165) is 164 Å². The van der Waals surface area contributed by atoms with Crippen molar-refractivity contribution in [3.63, 3.8) is 0 Å². The van der Waals surface area contributed by atoms with Crippen LogP contribution in [0.25, 0.3) is 68.8 Å². The first kappa shape index (κ1) is 104. The van der Waals surface area contributed by atoms with Crippen LogP contribution in [0.4, 0.5) is 52.7 Å². The maximum atomic E-state index is 15.4. The zero-order chi connectivity index (χ0) is 102. The Labute approximate surface area is 804 Å².